The van der Waals surface area contributed by atoms with Crippen LogP contribution in [0.1, 0.15) is 20.3 Å². The summed E-state index contributed by atoms with van der Waals surface area (Å²) in [5.41, 5.74) is 0.716. The maximum Gasteiger partial charge on any atom is 0.433 e. The summed E-state index contributed by atoms with van der Waals surface area (Å²) in [6, 6.07) is 0. The van der Waals surface area contributed by atoms with E-state index in [-0.39, 0.29) is 13.2 Å². The Kier molecular flexibility index (Phi) is 7.48. The molecule has 0 rings (SSSR count). The lowest BCUT2D eigenvalue weighted by Gasteiger charge is -2.03. The number of amides is 1. The van der Waals surface area contributed by atoms with Crippen LogP contribution in [0.2, 0.25) is 0 Å². The predicted molar refractivity (Wildman–Crippen MR) is 59.0 cm³/mol. The zero-order chi connectivity index (χ0) is 12.4. The number of esters is 1. The van der Waals surface area contributed by atoms with Gasteiger partial charge in [0.1, 0.15) is 6.61 Å². The average molecular weight is 228 g/mol. The van der Waals surface area contributed by atoms with Crippen molar-refractivity contribution < 1.29 is 19.2 Å². The van der Waals surface area contributed by atoms with E-state index < -0.39 is 12.1 Å². The molecular weight excluding hydrogens is 212 g/mol. The van der Waals surface area contributed by atoms with Crippen molar-refractivity contribution in [3.8, 4) is 0 Å². The number of rotatable bonds is 6. The van der Waals surface area contributed by atoms with Crippen LogP contribution in [0.5, 0.6) is 0 Å². The molecule has 0 fully saturated rings. The Hall–Kier alpha value is -1.85. The lowest BCUT2D eigenvalue weighted by atomic mass is 10.3. The molecule has 0 aliphatic carbocycles. The summed E-state index contributed by atoms with van der Waals surface area (Å²) in [6.45, 7) is 7.11. The number of hydrogen-bond donors (Lipinski definition) is 1. The molecule has 1 N–H and O–H groups in total. The molecule has 0 aromatic carbocycles. The normalized spacial score (nSPS) is 10.5. The molecule has 0 aromatic rings. The minimum atomic E-state index is -0.678. The lowest BCUT2D eigenvalue weighted by molar-refractivity contribution is -0.137. The van der Waals surface area contributed by atoms with Crippen LogP contribution in [-0.2, 0) is 14.4 Å². The summed E-state index contributed by atoms with van der Waals surface area (Å²) in [4.78, 5) is 26.1. The molecular formula is C10H16N2O4. The quantitative estimate of drug-likeness (QED) is 0.185. The van der Waals surface area contributed by atoms with E-state index in [9.17, 15) is 9.59 Å². The van der Waals surface area contributed by atoms with Gasteiger partial charge in [0, 0.05) is 6.08 Å². The predicted octanol–water partition coefficient (Wildman–Crippen LogP) is 1.23. The third kappa shape index (κ3) is 7.54. The first-order chi connectivity index (χ1) is 7.60. The van der Waals surface area contributed by atoms with Crippen LogP contribution >= 0.6 is 0 Å². The van der Waals surface area contributed by atoms with Crippen molar-refractivity contribution >= 4 is 17.8 Å². The second-order valence-electron chi connectivity index (χ2n) is 2.86. The zero-order valence-electron chi connectivity index (χ0n) is 9.49. The molecule has 0 aliphatic rings. The number of nitrogens with one attached hydrogen (secondary N) is 1. The van der Waals surface area contributed by atoms with Gasteiger partial charge in [-0.2, -0.15) is 0 Å². The summed E-state index contributed by atoms with van der Waals surface area (Å²) in [7, 11) is 0. The molecule has 0 aromatic heterocycles. The minimum Gasteiger partial charge on any atom is -0.461 e. The standard InChI is InChI=1S/C10H16N2O4/c1-4-8(3)12-16-10(14)11-6-7-15-9(13)5-2/h5H,2,4,6-7H2,1,3H3,(H,11,14)/b12-8+. The lowest BCUT2D eigenvalue weighted by Crippen LogP contribution is -2.27. The summed E-state index contributed by atoms with van der Waals surface area (Å²) < 4.78 is 4.63. The molecule has 6 nitrogen and oxygen atoms in total. The Labute approximate surface area is 94.3 Å². The van der Waals surface area contributed by atoms with Crippen molar-refractivity contribution in [3.63, 3.8) is 0 Å². The molecule has 0 radical (unpaired) electrons. The molecule has 6 heteroatoms. The Morgan fingerprint density at radius 2 is 2.19 bits per heavy atom. The maximum atomic E-state index is 11.0. The highest BCUT2D eigenvalue weighted by atomic mass is 16.7. The topological polar surface area (TPSA) is 77.0 Å². The summed E-state index contributed by atoms with van der Waals surface area (Å²) in [5, 5.41) is 5.92. The van der Waals surface area contributed by atoms with Crippen LogP contribution in [0.3, 0.4) is 0 Å². The Morgan fingerprint density at radius 3 is 2.75 bits per heavy atom. The van der Waals surface area contributed by atoms with Crippen LogP contribution in [-0.4, -0.2) is 30.9 Å². The zero-order valence-corrected chi connectivity index (χ0v) is 9.49. The fraction of sp³-hybridized carbons (Fsp3) is 0.500. The van der Waals surface area contributed by atoms with E-state index in [1.54, 1.807) is 6.92 Å². The first kappa shape index (κ1) is 14.2. The van der Waals surface area contributed by atoms with Crippen LogP contribution in [0.25, 0.3) is 0 Å². The van der Waals surface area contributed by atoms with Crippen LogP contribution in [0.15, 0.2) is 17.8 Å². The minimum absolute atomic E-state index is 0.0659. The molecule has 0 aliphatic heterocycles. The molecule has 16 heavy (non-hydrogen) atoms. The second-order valence-corrected chi connectivity index (χ2v) is 2.86. The first-order valence-electron chi connectivity index (χ1n) is 4.87. The van der Waals surface area contributed by atoms with Crippen LogP contribution < -0.4 is 5.32 Å². The molecule has 0 bridgehead atoms. The van der Waals surface area contributed by atoms with Crippen LogP contribution in [0.4, 0.5) is 4.79 Å². The van der Waals surface area contributed by atoms with E-state index in [1.165, 1.54) is 0 Å². The summed E-state index contributed by atoms with van der Waals surface area (Å²) in [6.07, 6.45) is 1.08. The van der Waals surface area contributed by atoms with E-state index >= 15 is 0 Å². The largest absolute Gasteiger partial charge is 0.461 e. The highest BCUT2D eigenvalue weighted by Gasteiger charge is 2.01. The Balaban J connectivity index is 3.59. The number of ether oxygens (including phenoxy) is 1. The van der Waals surface area contributed by atoms with Gasteiger partial charge in [-0.1, -0.05) is 18.7 Å². The third-order valence-electron chi connectivity index (χ3n) is 1.58. The van der Waals surface area contributed by atoms with E-state index in [1.807, 2.05) is 6.92 Å². The summed E-state index contributed by atoms with van der Waals surface area (Å²) in [5.74, 6) is -0.532. The average Bonchev–Trinajstić information content (AvgIpc) is 2.31. The maximum absolute atomic E-state index is 11.0. The highest BCUT2D eigenvalue weighted by molar-refractivity contribution is 5.82. The van der Waals surface area contributed by atoms with Crippen molar-refractivity contribution in [2.75, 3.05) is 13.2 Å². The van der Waals surface area contributed by atoms with Gasteiger partial charge >= 0.3 is 12.1 Å². The molecule has 0 spiro atoms. The number of hydrogen-bond acceptors (Lipinski definition) is 5. The smallest absolute Gasteiger partial charge is 0.433 e. The number of carbonyl (C=O) groups is 2. The molecule has 0 atom stereocenters. The Bertz CT molecular complexity index is 287. The van der Waals surface area contributed by atoms with Crippen molar-refractivity contribution in [3.05, 3.63) is 12.7 Å². The first-order valence-corrected chi connectivity index (χ1v) is 4.87. The van der Waals surface area contributed by atoms with Crippen LogP contribution in [0, 0.1) is 0 Å². The van der Waals surface area contributed by atoms with Gasteiger partial charge < -0.3 is 10.1 Å². The van der Waals surface area contributed by atoms with Gasteiger partial charge in [0.25, 0.3) is 0 Å². The van der Waals surface area contributed by atoms with Gasteiger partial charge in [-0.3, -0.25) is 4.84 Å². The fourth-order valence-electron chi connectivity index (χ4n) is 0.580. The Morgan fingerprint density at radius 1 is 1.50 bits per heavy atom. The highest BCUT2D eigenvalue weighted by Crippen LogP contribution is 1.87. The second kappa shape index (κ2) is 8.46. The van der Waals surface area contributed by atoms with Gasteiger partial charge in [0.05, 0.1) is 12.3 Å². The van der Waals surface area contributed by atoms with E-state index in [0.717, 1.165) is 6.08 Å². The van der Waals surface area contributed by atoms with Gasteiger partial charge in [0.15, 0.2) is 0 Å². The van der Waals surface area contributed by atoms with Crippen molar-refractivity contribution in [2.24, 2.45) is 5.16 Å². The molecule has 1 amide bonds. The molecule has 90 valence electrons. The van der Waals surface area contributed by atoms with Crippen molar-refractivity contribution in [1.82, 2.24) is 5.32 Å². The van der Waals surface area contributed by atoms with E-state index in [2.05, 4.69) is 26.6 Å². The number of carbonyl (C=O) groups excluding carboxylic acids is 2. The molecule has 0 saturated heterocycles. The van der Waals surface area contributed by atoms with Gasteiger partial charge in [-0.25, -0.2) is 9.59 Å². The summed E-state index contributed by atoms with van der Waals surface area (Å²) >= 11 is 0. The monoisotopic (exact) mass is 228 g/mol. The van der Waals surface area contributed by atoms with Crippen molar-refractivity contribution in [2.45, 2.75) is 20.3 Å². The number of nitrogens with zero attached hydrogens (tertiary/aromatic N) is 1. The molecule has 0 heterocycles. The van der Waals surface area contributed by atoms with E-state index in [4.69, 9.17) is 0 Å². The molecule has 0 unspecified atom stereocenters. The third-order valence-corrected chi connectivity index (χ3v) is 1.58. The van der Waals surface area contributed by atoms with E-state index in [0.29, 0.717) is 12.1 Å². The molecule has 0 saturated carbocycles. The SMILES string of the molecule is C=CC(=O)OCCNC(=O)O/N=C(\C)CC. The van der Waals surface area contributed by atoms with Gasteiger partial charge in [0.2, 0.25) is 0 Å². The van der Waals surface area contributed by atoms with Gasteiger partial charge in [-0.15, -0.1) is 0 Å². The fourth-order valence-corrected chi connectivity index (χ4v) is 0.580. The van der Waals surface area contributed by atoms with Crippen molar-refractivity contribution in [1.29, 1.82) is 0 Å². The van der Waals surface area contributed by atoms with Gasteiger partial charge in [-0.05, 0) is 13.3 Å². The number of oxime groups is 1.